The Morgan fingerprint density at radius 1 is 1.00 bits per heavy atom. The number of nitrogens with one attached hydrogen (secondary N) is 3. The van der Waals surface area contributed by atoms with E-state index in [4.69, 9.17) is 0 Å². The standard InChI is InChI=1S/C25H26Br2N4O/c1-25(2)16-31(14-13-28-25)23-12-11-19(15-21(23)27)30-24(32)20-5-3-4-6-22(20)29-18-9-7-17(26)8-10-18/h3-12,15,28-29H,13-14,16H2,1-2H3,(H,30,32). The molecule has 1 amide bonds. The molecule has 0 radical (unpaired) electrons. The van der Waals surface area contributed by atoms with Crippen LogP contribution in [0.4, 0.5) is 22.7 Å². The van der Waals surface area contributed by atoms with E-state index in [-0.39, 0.29) is 11.4 Å². The van der Waals surface area contributed by atoms with Gasteiger partial charge in [-0.2, -0.15) is 0 Å². The van der Waals surface area contributed by atoms with Crippen LogP contribution in [0.15, 0.2) is 75.7 Å². The number of nitrogens with zero attached hydrogens (tertiary/aromatic N) is 1. The van der Waals surface area contributed by atoms with Crippen LogP contribution in [0.1, 0.15) is 24.2 Å². The minimum atomic E-state index is -0.159. The van der Waals surface area contributed by atoms with Gasteiger partial charge in [0.1, 0.15) is 0 Å². The minimum Gasteiger partial charge on any atom is -0.368 e. The number of para-hydroxylation sites is 1. The zero-order valence-electron chi connectivity index (χ0n) is 18.1. The minimum absolute atomic E-state index is 0.0656. The van der Waals surface area contributed by atoms with Gasteiger partial charge < -0.3 is 20.9 Å². The third kappa shape index (κ3) is 5.52. The maximum Gasteiger partial charge on any atom is 0.257 e. The molecule has 0 aliphatic carbocycles. The third-order valence-corrected chi connectivity index (χ3v) is 6.58. The smallest absolute Gasteiger partial charge is 0.257 e. The molecule has 3 aromatic carbocycles. The van der Waals surface area contributed by atoms with E-state index in [1.807, 2.05) is 60.7 Å². The van der Waals surface area contributed by atoms with Gasteiger partial charge in [-0.3, -0.25) is 4.79 Å². The monoisotopic (exact) mass is 556 g/mol. The molecule has 7 heteroatoms. The second-order valence-corrected chi connectivity index (χ2v) is 10.3. The quantitative estimate of drug-likeness (QED) is 0.340. The van der Waals surface area contributed by atoms with Gasteiger partial charge in [0.2, 0.25) is 0 Å². The van der Waals surface area contributed by atoms with Gasteiger partial charge in [0.05, 0.1) is 16.9 Å². The summed E-state index contributed by atoms with van der Waals surface area (Å²) in [6, 6.07) is 21.3. The zero-order valence-corrected chi connectivity index (χ0v) is 21.3. The maximum absolute atomic E-state index is 13.1. The Bertz CT molecular complexity index is 1120. The van der Waals surface area contributed by atoms with Gasteiger partial charge in [-0.05, 0) is 84.4 Å². The molecular weight excluding hydrogens is 532 g/mol. The van der Waals surface area contributed by atoms with Crippen LogP contribution in [-0.2, 0) is 0 Å². The molecule has 0 bridgehead atoms. The number of carbonyl (C=O) groups is 1. The van der Waals surface area contributed by atoms with E-state index in [1.54, 1.807) is 0 Å². The summed E-state index contributed by atoms with van der Waals surface area (Å²) in [6.07, 6.45) is 0. The second-order valence-electron chi connectivity index (χ2n) is 8.53. The first-order chi connectivity index (χ1) is 15.3. The fraction of sp³-hybridized carbons (Fsp3) is 0.240. The molecule has 1 heterocycles. The SMILES string of the molecule is CC1(C)CN(c2ccc(NC(=O)c3ccccc3Nc3ccc(Br)cc3)cc2Br)CCN1. The summed E-state index contributed by atoms with van der Waals surface area (Å²) < 4.78 is 1.97. The largest absolute Gasteiger partial charge is 0.368 e. The second kappa shape index (κ2) is 9.65. The molecule has 1 aliphatic rings. The lowest BCUT2D eigenvalue weighted by molar-refractivity contribution is 0.102. The van der Waals surface area contributed by atoms with Gasteiger partial charge in [0.15, 0.2) is 0 Å². The number of amides is 1. The van der Waals surface area contributed by atoms with Crippen LogP contribution in [0.3, 0.4) is 0 Å². The van der Waals surface area contributed by atoms with Crippen LogP contribution in [0, 0.1) is 0 Å². The molecule has 0 saturated carbocycles. The molecule has 3 aromatic rings. The number of halogens is 2. The van der Waals surface area contributed by atoms with Crippen molar-refractivity contribution >= 4 is 60.5 Å². The molecule has 5 nitrogen and oxygen atoms in total. The van der Waals surface area contributed by atoms with E-state index in [9.17, 15) is 4.79 Å². The average Bonchev–Trinajstić information content (AvgIpc) is 2.75. The molecule has 3 N–H and O–H groups in total. The lowest BCUT2D eigenvalue weighted by Crippen LogP contribution is -2.57. The highest BCUT2D eigenvalue weighted by molar-refractivity contribution is 9.10. The summed E-state index contributed by atoms with van der Waals surface area (Å²) in [6.45, 7) is 7.23. The molecule has 0 atom stereocenters. The highest BCUT2D eigenvalue weighted by atomic mass is 79.9. The Labute approximate surface area is 205 Å². The lowest BCUT2D eigenvalue weighted by atomic mass is 10.0. The molecule has 1 fully saturated rings. The number of benzene rings is 3. The number of hydrogen-bond acceptors (Lipinski definition) is 4. The first-order valence-corrected chi connectivity index (χ1v) is 12.1. The Morgan fingerprint density at radius 3 is 2.44 bits per heavy atom. The number of anilines is 4. The van der Waals surface area contributed by atoms with Crippen LogP contribution in [-0.4, -0.2) is 31.1 Å². The Morgan fingerprint density at radius 2 is 1.72 bits per heavy atom. The van der Waals surface area contributed by atoms with E-state index in [1.165, 1.54) is 0 Å². The first-order valence-electron chi connectivity index (χ1n) is 10.5. The van der Waals surface area contributed by atoms with Gasteiger partial charge in [-0.15, -0.1) is 0 Å². The summed E-state index contributed by atoms with van der Waals surface area (Å²) in [5.74, 6) is -0.159. The lowest BCUT2D eigenvalue weighted by Gasteiger charge is -2.40. The number of rotatable bonds is 5. The Hall–Kier alpha value is -2.35. The van der Waals surface area contributed by atoms with Crippen molar-refractivity contribution in [1.29, 1.82) is 0 Å². The highest BCUT2D eigenvalue weighted by Gasteiger charge is 2.26. The molecule has 32 heavy (non-hydrogen) atoms. The maximum atomic E-state index is 13.1. The van der Waals surface area contributed by atoms with Crippen molar-refractivity contribution in [2.45, 2.75) is 19.4 Å². The molecule has 166 valence electrons. The fourth-order valence-corrected chi connectivity index (χ4v) is 4.76. The van der Waals surface area contributed by atoms with Gasteiger partial charge >= 0.3 is 0 Å². The van der Waals surface area contributed by atoms with Gasteiger partial charge in [-0.25, -0.2) is 0 Å². The van der Waals surface area contributed by atoms with Crippen LogP contribution in [0.5, 0.6) is 0 Å². The predicted molar refractivity (Wildman–Crippen MR) is 140 cm³/mol. The van der Waals surface area contributed by atoms with E-state index >= 15 is 0 Å². The summed E-state index contributed by atoms with van der Waals surface area (Å²) >= 11 is 7.15. The summed E-state index contributed by atoms with van der Waals surface area (Å²) in [4.78, 5) is 15.4. The fourth-order valence-electron chi connectivity index (χ4n) is 3.87. The molecular formula is C25H26Br2N4O. The van der Waals surface area contributed by atoms with Gasteiger partial charge in [0.25, 0.3) is 5.91 Å². The van der Waals surface area contributed by atoms with E-state index in [2.05, 4.69) is 72.6 Å². The van der Waals surface area contributed by atoms with Crippen LogP contribution >= 0.6 is 31.9 Å². The average molecular weight is 558 g/mol. The van der Waals surface area contributed by atoms with Gasteiger partial charge in [-0.1, -0.05) is 28.1 Å². The number of piperazine rings is 1. The molecule has 1 saturated heterocycles. The summed E-state index contributed by atoms with van der Waals surface area (Å²) in [7, 11) is 0. The zero-order chi connectivity index (χ0) is 22.7. The third-order valence-electron chi connectivity index (χ3n) is 5.41. The van der Waals surface area contributed by atoms with Crippen molar-refractivity contribution in [2.24, 2.45) is 0 Å². The first kappa shape index (κ1) is 22.8. The van der Waals surface area contributed by atoms with Crippen LogP contribution in [0.2, 0.25) is 0 Å². The number of hydrogen-bond donors (Lipinski definition) is 3. The molecule has 0 spiro atoms. The summed E-state index contributed by atoms with van der Waals surface area (Å²) in [5, 5.41) is 9.90. The van der Waals surface area contributed by atoms with Crippen LogP contribution < -0.4 is 20.9 Å². The normalized spacial score (nSPS) is 15.3. The molecule has 0 aromatic heterocycles. The summed E-state index contributed by atoms with van der Waals surface area (Å²) in [5.41, 5.74) is 4.20. The van der Waals surface area contributed by atoms with E-state index in [0.29, 0.717) is 5.56 Å². The van der Waals surface area contributed by atoms with Crippen molar-refractivity contribution in [2.75, 3.05) is 35.2 Å². The Balaban J connectivity index is 1.50. The molecule has 0 unspecified atom stereocenters. The predicted octanol–water partition coefficient (Wildman–Crippen LogP) is 6.40. The van der Waals surface area contributed by atoms with E-state index in [0.717, 1.165) is 51.3 Å². The topological polar surface area (TPSA) is 56.4 Å². The van der Waals surface area contributed by atoms with Crippen molar-refractivity contribution in [3.63, 3.8) is 0 Å². The van der Waals surface area contributed by atoms with E-state index < -0.39 is 0 Å². The highest BCUT2D eigenvalue weighted by Crippen LogP contribution is 2.32. The van der Waals surface area contributed by atoms with Crippen molar-refractivity contribution in [3.05, 3.63) is 81.2 Å². The van der Waals surface area contributed by atoms with Gasteiger partial charge in [0, 0.05) is 45.5 Å². The Kier molecular flexibility index (Phi) is 6.88. The molecule has 1 aliphatic heterocycles. The van der Waals surface area contributed by atoms with Crippen LogP contribution in [0.25, 0.3) is 0 Å². The van der Waals surface area contributed by atoms with Crippen molar-refractivity contribution in [3.8, 4) is 0 Å². The van der Waals surface area contributed by atoms with Crippen molar-refractivity contribution < 1.29 is 4.79 Å². The molecule has 4 rings (SSSR count). The van der Waals surface area contributed by atoms with Crippen molar-refractivity contribution in [1.82, 2.24) is 5.32 Å². The number of carbonyl (C=O) groups excluding carboxylic acids is 1.